The smallest absolute Gasteiger partial charge is 0.319 e. The second-order valence-corrected chi connectivity index (χ2v) is 13.5. The van der Waals surface area contributed by atoms with Gasteiger partial charge >= 0.3 is 6.01 Å². The van der Waals surface area contributed by atoms with Crippen LogP contribution < -0.4 is 9.64 Å². The molecule has 1 aromatic carbocycles. The van der Waals surface area contributed by atoms with Crippen LogP contribution in [0.2, 0.25) is 0 Å². The summed E-state index contributed by atoms with van der Waals surface area (Å²) >= 11 is 0. The molecule has 1 saturated carbocycles. The maximum Gasteiger partial charge on any atom is 0.319 e. The van der Waals surface area contributed by atoms with Crippen LogP contribution in [0, 0.1) is 28.9 Å². The van der Waals surface area contributed by atoms with Gasteiger partial charge in [-0.05, 0) is 67.3 Å². The topological polar surface area (TPSA) is 98.5 Å². The number of carbonyl (C=O) groups is 1. The standard InChI is InChI=1S/C34H33F4N7O2/c1-18(35)32(46)45-10-9-43(16-21(45)5-7-39)31-25-14-40-29(22-3-4-26(37)27-23-11-19(23)12-24(22)27)28(38)30(25)41-33(42-31)47-17-34-6-2-8-44(34)15-20(36)13-34/h3-4,14,19-21,23H,1-2,5-6,8-13,15-17H2/t19-,20+,21-,23-,34-/m0/s1. The van der Waals surface area contributed by atoms with Gasteiger partial charge in [-0.2, -0.15) is 15.2 Å². The number of pyridine rings is 1. The summed E-state index contributed by atoms with van der Waals surface area (Å²) in [6, 6.07) is 4.22. The molecule has 3 saturated heterocycles. The number of carbonyl (C=O) groups excluding carboxylic acids is 1. The molecule has 0 bridgehead atoms. The van der Waals surface area contributed by atoms with Gasteiger partial charge in [0.05, 0.1) is 29.5 Å². The fraction of sp³-hybridized carbons (Fsp3) is 0.500. The van der Waals surface area contributed by atoms with E-state index in [1.54, 1.807) is 11.0 Å². The maximum absolute atomic E-state index is 16.7. The van der Waals surface area contributed by atoms with Crippen molar-refractivity contribution in [2.24, 2.45) is 5.92 Å². The van der Waals surface area contributed by atoms with Gasteiger partial charge in [0.1, 0.15) is 35.6 Å². The number of amides is 1. The van der Waals surface area contributed by atoms with E-state index in [1.165, 1.54) is 17.2 Å². The number of anilines is 1. The van der Waals surface area contributed by atoms with Crippen LogP contribution in [0.1, 0.15) is 49.1 Å². The number of fused-ring (bicyclic) bond motifs is 5. The number of benzene rings is 1. The first-order chi connectivity index (χ1) is 22.7. The number of rotatable bonds is 7. The van der Waals surface area contributed by atoms with Crippen LogP contribution in [0.4, 0.5) is 23.4 Å². The van der Waals surface area contributed by atoms with Crippen molar-refractivity contribution in [2.45, 2.75) is 62.2 Å². The molecule has 0 spiro atoms. The summed E-state index contributed by atoms with van der Waals surface area (Å²) in [6.07, 6.45) is 4.07. The van der Waals surface area contributed by atoms with E-state index in [2.05, 4.69) is 32.5 Å². The molecule has 13 heteroatoms. The Morgan fingerprint density at radius 3 is 2.85 bits per heavy atom. The number of halogens is 4. The van der Waals surface area contributed by atoms with Crippen LogP contribution in [0.25, 0.3) is 22.2 Å². The van der Waals surface area contributed by atoms with Gasteiger partial charge in [-0.1, -0.05) is 6.58 Å². The zero-order chi connectivity index (χ0) is 32.6. The first-order valence-corrected chi connectivity index (χ1v) is 16.1. The van der Waals surface area contributed by atoms with Crippen LogP contribution in [0.5, 0.6) is 6.01 Å². The van der Waals surface area contributed by atoms with Crippen LogP contribution in [0.3, 0.4) is 0 Å². The van der Waals surface area contributed by atoms with Gasteiger partial charge in [0.15, 0.2) is 11.6 Å². The number of hydrogen-bond acceptors (Lipinski definition) is 8. The third-order valence-corrected chi connectivity index (χ3v) is 10.8. The van der Waals surface area contributed by atoms with Crippen LogP contribution in [0.15, 0.2) is 30.7 Å². The summed E-state index contributed by atoms with van der Waals surface area (Å²) in [5.74, 6) is -2.16. The molecule has 5 heterocycles. The number of piperazine rings is 1. The molecule has 0 N–H and O–H groups in total. The minimum absolute atomic E-state index is 0.0423. The summed E-state index contributed by atoms with van der Waals surface area (Å²) < 4.78 is 66.0. The number of ether oxygens (including phenoxy) is 1. The van der Waals surface area contributed by atoms with Gasteiger partial charge in [-0.25, -0.2) is 17.6 Å². The van der Waals surface area contributed by atoms with E-state index in [4.69, 9.17) is 4.74 Å². The van der Waals surface area contributed by atoms with E-state index in [9.17, 15) is 23.2 Å². The summed E-state index contributed by atoms with van der Waals surface area (Å²) in [5.41, 5.74) is 1.48. The highest BCUT2D eigenvalue weighted by atomic mass is 19.1. The Balaban J connectivity index is 1.20. The summed E-state index contributed by atoms with van der Waals surface area (Å²) in [5, 5.41) is 9.78. The predicted octanol–water partition coefficient (Wildman–Crippen LogP) is 5.00. The minimum atomic E-state index is -1.12. The molecule has 4 fully saturated rings. The lowest BCUT2D eigenvalue weighted by molar-refractivity contribution is -0.131. The van der Waals surface area contributed by atoms with E-state index in [0.29, 0.717) is 42.2 Å². The molecule has 8 rings (SSSR count). The van der Waals surface area contributed by atoms with Crippen molar-refractivity contribution in [3.8, 4) is 23.3 Å². The summed E-state index contributed by atoms with van der Waals surface area (Å²) in [7, 11) is 0. The molecule has 0 unspecified atom stereocenters. The molecule has 1 amide bonds. The van der Waals surface area contributed by atoms with Gasteiger partial charge in [-0.15, -0.1) is 0 Å². The molecular formula is C34H33F4N7O2. The fourth-order valence-corrected chi connectivity index (χ4v) is 8.48. The first-order valence-electron chi connectivity index (χ1n) is 16.1. The molecule has 9 nitrogen and oxygen atoms in total. The molecule has 0 radical (unpaired) electrons. The SMILES string of the molecule is C=C(F)C(=O)N1CCN(c2nc(OC[C@@]34CCCN3C[C@H](F)C4)nc3c(F)c(-c4ccc(F)c5c4C[C@@H]4C[C@H]54)ncc23)C[C@@H]1CC#N. The fourth-order valence-electron chi connectivity index (χ4n) is 8.48. The van der Waals surface area contributed by atoms with Crippen molar-refractivity contribution in [1.29, 1.82) is 5.26 Å². The first kappa shape index (κ1) is 30.1. The molecule has 5 atom stereocenters. The van der Waals surface area contributed by atoms with Gasteiger partial charge in [0, 0.05) is 44.4 Å². The Hall–Kier alpha value is -4.31. The largest absolute Gasteiger partial charge is 0.461 e. The third kappa shape index (κ3) is 4.91. The van der Waals surface area contributed by atoms with Crippen molar-refractivity contribution < 1.29 is 27.1 Å². The number of aromatic nitrogens is 3. The summed E-state index contributed by atoms with van der Waals surface area (Å²) in [4.78, 5) is 31.4. The van der Waals surface area contributed by atoms with Gasteiger partial charge in [0.25, 0.3) is 5.91 Å². The second kappa shape index (κ2) is 11.1. The molecule has 2 aliphatic carbocycles. The van der Waals surface area contributed by atoms with Crippen molar-refractivity contribution in [2.75, 3.05) is 44.2 Å². The zero-order valence-electron chi connectivity index (χ0n) is 25.7. The zero-order valence-corrected chi connectivity index (χ0v) is 25.7. The summed E-state index contributed by atoms with van der Waals surface area (Å²) in [6.45, 7) is 4.75. The second-order valence-electron chi connectivity index (χ2n) is 13.5. The molecule has 3 aromatic rings. The molecule has 244 valence electrons. The Morgan fingerprint density at radius 2 is 2.04 bits per heavy atom. The highest BCUT2D eigenvalue weighted by molar-refractivity contribution is 5.93. The lowest BCUT2D eigenvalue weighted by Gasteiger charge is -2.41. The number of alkyl halides is 1. The number of nitriles is 1. The highest BCUT2D eigenvalue weighted by Crippen LogP contribution is 2.58. The Kier molecular flexibility index (Phi) is 7.13. The van der Waals surface area contributed by atoms with E-state index in [1.807, 2.05) is 0 Å². The van der Waals surface area contributed by atoms with Crippen molar-refractivity contribution in [3.63, 3.8) is 0 Å². The molecule has 2 aromatic heterocycles. The van der Waals surface area contributed by atoms with Gasteiger partial charge in [0.2, 0.25) is 0 Å². The van der Waals surface area contributed by atoms with Crippen LogP contribution >= 0.6 is 0 Å². The van der Waals surface area contributed by atoms with Gasteiger partial charge < -0.3 is 14.5 Å². The van der Waals surface area contributed by atoms with E-state index >= 15 is 4.39 Å². The Bertz CT molecular complexity index is 1870. The lowest BCUT2D eigenvalue weighted by atomic mass is 9.95. The molecular weight excluding hydrogens is 614 g/mol. The van der Waals surface area contributed by atoms with Crippen LogP contribution in [-0.4, -0.2) is 87.7 Å². The maximum atomic E-state index is 16.7. The molecule has 47 heavy (non-hydrogen) atoms. The average molecular weight is 648 g/mol. The van der Waals surface area contributed by atoms with Gasteiger partial charge in [-0.3, -0.25) is 14.7 Å². The van der Waals surface area contributed by atoms with Crippen molar-refractivity contribution in [1.82, 2.24) is 24.8 Å². The van der Waals surface area contributed by atoms with E-state index < -0.39 is 35.3 Å². The van der Waals surface area contributed by atoms with Crippen molar-refractivity contribution in [3.05, 3.63) is 53.5 Å². The van der Waals surface area contributed by atoms with E-state index in [-0.39, 0.29) is 67.0 Å². The average Bonchev–Trinajstić information content (AvgIpc) is 3.36. The quantitative estimate of drug-likeness (QED) is 0.261. The predicted molar refractivity (Wildman–Crippen MR) is 164 cm³/mol. The monoisotopic (exact) mass is 647 g/mol. The number of nitrogens with zero attached hydrogens (tertiary/aromatic N) is 7. The third-order valence-electron chi connectivity index (χ3n) is 10.8. The van der Waals surface area contributed by atoms with Crippen LogP contribution in [-0.2, 0) is 11.2 Å². The number of hydrogen-bond donors (Lipinski definition) is 0. The molecule has 3 aliphatic heterocycles. The Labute approximate surface area is 268 Å². The highest BCUT2D eigenvalue weighted by Gasteiger charge is 2.50. The normalized spacial score (nSPS) is 27.8. The minimum Gasteiger partial charge on any atom is -0.461 e. The Morgan fingerprint density at radius 1 is 1.19 bits per heavy atom. The lowest BCUT2D eigenvalue weighted by Crippen LogP contribution is -2.55. The molecule has 5 aliphatic rings. The van der Waals surface area contributed by atoms with E-state index in [0.717, 1.165) is 31.4 Å². The van der Waals surface area contributed by atoms with Crippen molar-refractivity contribution >= 4 is 22.6 Å².